The smallest absolute Gasteiger partial charge is 0.314 e. The van der Waals surface area contributed by atoms with E-state index in [9.17, 15) is 4.79 Å². The summed E-state index contributed by atoms with van der Waals surface area (Å²) in [5.41, 5.74) is 3.04. The van der Waals surface area contributed by atoms with Gasteiger partial charge < -0.3 is 10.6 Å². The van der Waals surface area contributed by atoms with Crippen molar-refractivity contribution >= 4 is 28.6 Å². The first-order valence-electron chi connectivity index (χ1n) is 7.51. The number of nitrogens with one attached hydrogen (secondary N) is 2. The predicted octanol–water partition coefficient (Wildman–Crippen LogP) is 4.94. The molecular formula is C20H18N2O. The van der Waals surface area contributed by atoms with E-state index in [1.165, 1.54) is 5.56 Å². The van der Waals surface area contributed by atoms with E-state index in [4.69, 9.17) is 0 Å². The van der Waals surface area contributed by atoms with Crippen LogP contribution in [0.3, 0.4) is 0 Å². The van der Waals surface area contributed by atoms with Crippen LogP contribution >= 0.6 is 0 Å². The van der Waals surface area contributed by atoms with Crippen molar-refractivity contribution in [2.75, 3.05) is 5.32 Å². The highest BCUT2D eigenvalue weighted by Gasteiger charge is 2.03. The van der Waals surface area contributed by atoms with Crippen molar-refractivity contribution in [3.8, 4) is 0 Å². The zero-order chi connectivity index (χ0) is 16.1. The van der Waals surface area contributed by atoms with Crippen molar-refractivity contribution in [1.82, 2.24) is 5.32 Å². The Labute approximate surface area is 135 Å². The third-order valence-electron chi connectivity index (χ3n) is 3.70. The van der Waals surface area contributed by atoms with Crippen LogP contribution in [0.25, 0.3) is 16.8 Å². The van der Waals surface area contributed by atoms with E-state index in [1.54, 1.807) is 6.20 Å². The van der Waals surface area contributed by atoms with Crippen LogP contribution in [0.1, 0.15) is 11.1 Å². The van der Waals surface area contributed by atoms with Crippen molar-refractivity contribution in [1.29, 1.82) is 0 Å². The number of carbonyl (C=O) groups is 1. The molecule has 114 valence electrons. The molecule has 3 rings (SSSR count). The van der Waals surface area contributed by atoms with Gasteiger partial charge in [0.1, 0.15) is 0 Å². The fraction of sp³-hybridized carbons (Fsp3) is 0.0500. The van der Waals surface area contributed by atoms with Gasteiger partial charge in [-0.05, 0) is 35.6 Å². The van der Waals surface area contributed by atoms with Gasteiger partial charge >= 0.3 is 6.03 Å². The molecule has 0 aliphatic carbocycles. The van der Waals surface area contributed by atoms with Gasteiger partial charge in [-0.3, -0.25) is 0 Å². The van der Waals surface area contributed by atoms with Gasteiger partial charge in [-0.1, -0.05) is 60.7 Å². The number of rotatable bonds is 3. The third-order valence-corrected chi connectivity index (χ3v) is 3.70. The molecule has 0 saturated heterocycles. The van der Waals surface area contributed by atoms with Gasteiger partial charge in [-0.2, -0.15) is 0 Å². The lowest BCUT2D eigenvalue weighted by atomic mass is 10.1. The van der Waals surface area contributed by atoms with Crippen molar-refractivity contribution in [3.63, 3.8) is 0 Å². The number of hydrogen-bond acceptors (Lipinski definition) is 1. The summed E-state index contributed by atoms with van der Waals surface area (Å²) in [4.78, 5) is 12.1. The number of amides is 2. The summed E-state index contributed by atoms with van der Waals surface area (Å²) in [5.74, 6) is 0. The van der Waals surface area contributed by atoms with E-state index < -0.39 is 0 Å². The normalized spacial score (nSPS) is 10.8. The average molecular weight is 302 g/mol. The quantitative estimate of drug-likeness (QED) is 0.707. The first kappa shape index (κ1) is 14.9. The SMILES string of the molecule is Cc1ccccc1/C=C/NC(=O)Nc1cccc2ccccc12. The van der Waals surface area contributed by atoms with Gasteiger partial charge in [0.05, 0.1) is 5.69 Å². The summed E-state index contributed by atoms with van der Waals surface area (Å²) >= 11 is 0. The fourth-order valence-corrected chi connectivity index (χ4v) is 2.47. The second-order valence-corrected chi connectivity index (χ2v) is 5.32. The van der Waals surface area contributed by atoms with Gasteiger partial charge in [0.15, 0.2) is 0 Å². The number of hydrogen-bond donors (Lipinski definition) is 2. The van der Waals surface area contributed by atoms with Gasteiger partial charge in [0.2, 0.25) is 0 Å². The molecule has 0 saturated carbocycles. The summed E-state index contributed by atoms with van der Waals surface area (Å²) in [5, 5.41) is 7.74. The molecule has 0 heterocycles. The molecule has 3 nitrogen and oxygen atoms in total. The van der Waals surface area contributed by atoms with Crippen LogP contribution < -0.4 is 10.6 Å². The molecule has 3 aromatic rings. The number of carbonyl (C=O) groups excluding carboxylic acids is 1. The molecule has 0 bridgehead atoms. The van der Waals surface area contributed by atoms with Crippen molar-refractivity contribution in [3.05, 3.63) is 84.1 Å². The Morgan fingerprint density at radius 1 is 0.913 bits per heavy atom. The molecule has 0 unspecified atom stereocenters. The zero-order valence-corrected chi connectivity index (χ0v) is 12.9. The summed E-state index contributed by atoms with van der Waals surface area (Å²) in [7, 11) is 0. The van der Waals surface area contributed by atoms with Crippen LogP contribution in [-0.2, 0) is 0 Å². The standard InChI is InChI=1S/C20H18N2O/c1-15-7-2-3-8-16(15)13-14-21-20(23)22-19-12-6-10-17-9-4-5-11-18(17)19/h2-14H,1H3,(H2,21,22,23)/b14-13+. The van der Waals surface area contributed by atoms with E-state index in [2.05, 4.69) is 10.6 Å². The lowest BCUT2D eigenvalue weighted by Gasteiger charge is -2.08. The third kappa shape index (κ3) is 3.58. The van der Waals surface area contributed by atoms with Crippen LogP contribution in [0, 0.1) is 6.92 Å². The highest BCUT2D eigenvalue weighted by Crippen LogP contribution is 2.22. The van der Waals surface area contributed by atoms with Crippen LogP contribution in [0.4, 0.5) is 10.5 Å². The number of urea groups is 1. The minimum absolute atomic E-state index is 0.258. The topological polar surface area (TPSA) is 41.1 Å². The molecule has 0 atom stereocenters. The zero-order valence-electron chi connectivity index (χ0n) is 12.9. The second kappa shape index (κ2) is 6.79. The molecule has 0 aromatic heterocycles. The summed E-state index contributed by atoms with van der Waals surface area (Å²) in [6, 6.07) is 21.6. The van der Waals surface area contributed by atoms with Crippen molar-refractivity contribution in [2.45, 2.75) is 6.92 Å². The van der Waals surface area contributed by atoms with Gasteiger partial charge in [-0.25, -0.2) is 4.79 Å². The Hall–Kier alpha value is -3.07. The maximum absolute atomic E-state index is 12.1. The molecule has 3 heteroatoms. The monoisotopic (exact) mass is 302 g/mol. The molecule has 23 heavy (non-hydrogen) atoms. The first-order valence-corrected chi connectivity index (χ1v) is 7.51. The maximum atomic E-state index is 12.1. The van der Waals surface area contributed by atoms with Gasteiger partial charge in [0, 0.05) is 11.6 Å². The van der Waals surface area contributed by atoms with Crippen molar-refractivity contribution in [2.24, 2.45) is 0 Å². The Balaban J connectivity index is 1.69. The summed E-state index contributed by atoms with van der Waals surface area (Å²) in [6.07, 6.45) is 3.54. The van der Waals surface area contributed by atoms with E-state index in [0.717, 1.165) is 22.0 Å². The Morgan fingerprint density at radius 3 is 2.52 bits per heavy atom. The van der Waals surface area contributed by atoms with E-state index in [0.29, 0.717) is 0 Å². The van der Waals surface area contributed by atoms with Crippen LogP contribution in [-0.4, -0.2) is 6.03 Å². The highest BCUT2D eigenvalue weighted by molar-refractivity contribution is 6.01. The minimum atomic E-state index is -0.258. The van der Waals surface area contributed by atoms with Crippen LogP contribution in [0.15, 0.2) is 72.9 Å². The highest BCUT2D eigenvalue weighted by atomic mass is 16.2. The van der Waals surface area contributed by atoms with Crippen LogP contribution in [0.2, 0.25) is 0 Å². The first-order chi connectivity index (χ1) is 11.2. The number of benzene rings is 3. The van der Waals surface area contributed by atoms with Gasteiger partial charge in [-0.15, -0.1) is 0 Å². The van der Waals surface area contributed by atoms with E-state index >= 15 is 0 Å². The summed E-state index contributed by atoms with van der Waals surface area (Å²) in [6.45, 7) is 2.04. The Kier molecular flexibility index (Phi) is 4.39. The molecule has 2 N–H and O–H groups in total. The van der Waals surface area contributed by atoms with Gasteiger partial charge in [0.25, 0.3) is 0 Å². The lowest BCUT2D eigenvalue weighted by Crippen LogP contribution is -2.23. The second-order valence-electron chi connectivity index (χ2n) is 5.32. The molecule has 0 fully saturated rings. The Bertz CT molecular complexity index is 863. The van der Waals surface area contributed by atoms with Crippen molar-refractivity contribution < 1.29 is 4.79 Å². The lowest BCUT2D eigenvalue weighted by molar-refractivity contribution is 0.255. The van der Waals surface area contributed by atoms with E-state index in [1.807, 2.05) is 79.7 Å². The molecule has 2 amide bonds. The predicted molar refractivity (Wildman–Crippen MR) is 96.3 cm³/mol. The minimum Gasteiger partial charge on any atom is -0.314 e. The summed E-state index contributed by atoms with van der Waals surface area (Å²) < 4.78 is 0. The average Bonchev–Trinajstić information content (AvgIpc) is 2.57. The molecule has 0 aliphatic heterocycles. The largest absolute Gasteiger partial charge is 0.323 e. The molecule has 0 aliphatic rings. The number of fused-ring (bicyclic) bond motifs is 1. The molecule has 0 radical (unpaired) electrons. The molecular weight excluding hydrogens is 284 g/mol. The fourth-order valence-electron chi connectivity index (χ4n) is 2.47. The maximum Gasteiger partial charge on any atom is 0.323 e. The van der Waals surface area contributed by atoms with Crippen LogP contribution in [0.5, 0.6) is 0 Å². The number of aryl methyl sites for hydroxylation is 1. The molecule has 0 spiro atoms. The Morgan fingerprint density at radius 2 is 1.65 bits per heavy atom. The molecule has 3 aromatic carbocycles. The van der Waals surface area contributed by atoms with E-state index in [-0.39, 0.29) is 6.03 Å². The number of anilines is 1.